The molecule has 2 heterocycles. The number of rotatable bonds is 6. The molecule has 2 aromatic heterocycles. The third-order valence-electron chi connectivity index (χ3n) is 5.94. The number of hydrogen-bond acceptors (Lipinski definition) is 4. The van der Waals surface area contributed by atoms with E-state index in [0.717, 1.165) is 11.8 Å². The zero-order valence-electron chi connectivity index (χ0n) is 29.5. The van der Waals surface area contributed by atoms with E-state index in [1.54, 1.807) is 12.1 Å². The highest BCUT2D eigenvalue weighted by Gasteiger charge is 2.25. The summed E-state index contributed by atoms with van der Waals surface area (Å²) in [4.78, 5) is 26.1. The molecule has 6 heteroatoms. The van der Waals surface area contributed by atoms with E-state index >= 15 is 0 Å². The smallest absolute Gasteiger partial charge is 0.200 e. The van der Waals surface area contributed by atoms with Gasteiger partial charge in [0, 0.05) is 29.5 Å². The van der Waals surface area contributed by atoms with Crippen LogP contribution in [-0.4, -0.2) is 17.1 Å². The number of aldehydes is 1. The summed E-state index contributed by atoms with van der Waals surface area (Å²) in [6.45, 7) is 29.0. The summed E-state index contributed by atoms with van der Waals surface area (Å²) >= 11 is 5.79. The number of benzene rings is 1. The van der Waals surface area contributed by atoms with Crippen LogP contribution in [0.5, 0.6) is 0 Å². The molecule has 0 saturated carbocycles. The van der Waals surface area contributed by atoms with Gasteiger partial charge in [-0.2, -0.15) is 0 Å². The van der Waals surface area contributed by atoms with Gasteiger partial charge in [-0.1, -0.05) is 134 Å². The van der Waals surface area contributed by atoms with Gasteiger partial charge in [-0.15, -0.1) is 0 Å². The Balaban J connectivity index is 0. The molecule has 0 unspecified atom stereocenters. The lowest BCUT2D eigenvalue weighted by atomic mass is 9.86. The molecule has 0 spiro atoms. The van der Waals surface area contributed by atoms with Crippen LogP contribution in [0.1, 0.15) is 145 Å². The summed E-state index contributed by atoms with van der Waals surface area (Å²) in [5.74, 6) is -0.431. The van der Waals surface area contributed by atoms with E-state index in [-0.39, 0.29) is 22.1 Å². The Morgan fingerprint density at radius 1 is 0.953 bits per heavy atom. The van der Waals surface area contributed by atoms with Crippen molar-refractivity contribution < 1.29 is 18.4 Å². The highest BCUT2D eigenvalue weighted by molar-refractivity contribution is 6.30. The maximum Gasteiger partial charge on any atom is 0.200 e. The highest BCUT2D eigenvalue weighted by Crippen LogP contribution is 2.35. The molecule has 0 radical (unpaired) electrons. The van der Waals surface area contributed by atoms with E-state index in [9.17, 15) is 14.0 Å². The molecule has 244 valence electrons. The van der Waals surface area contributed by atoms with Crippen LogP contribution in [0.3, 0.4) is 0 Å². The number of hydrogen-bond donors (Lipinski definition) is 0. The van der Waals surface area contributed by atoms with Crippen LogP contribution in [0, 0.1) is 17.2 Å². The maximum atomic E-state index is 13.9. The molecule has 3 aromatic rings. The second kappa shape index (κ2) is 21.2. The predicted molar refractivity (Wildman–Crippen MR) is 185 cm³/mol. The first-order chi connectivity index (χ1) is 20.0. The van der Waals surface area contributed by atoms with Gasteiger partial charge >= 0.3 is 0 Å². The second-order valence-electron chi connectivity index (χ2n) is 12.7. The summed E-state index contributed by atoms with van der Waals surface area (Å²) in [6.07, 6.45) is 6.80. The Labute approximate surface area is 267 Å². The molecule has 0 amide bonds. The van der Waals surface area contributed by atoms with Gasteiger partial charge in [-0.05, 0) is 35.4 Å². The first-order valence-corrected chi connectivity index (χ1v) is 16.2. The average molecular weight is 620 g/mol. The number of furan rings is 1. The molecule has 0 saturated heterocycles. The minimum atomic E-state index is -0.494. The number of aromatic nitrogens is 1. The van der Waals surface area contributed by atoms with E-state index in [1.165, 1.54) is 37.8 Å². The number of unbranched alkanes of at least 4 members (excludes halogenated alkanes) is 1. The Morgan fingerprint density at radius 2 is 1.49 bits per heavy atom. The van der Waals surface area contributed by atoms with Gasteiger partial charge in [0.05, 0.1) is 10.7 Å². The molecule has 43 heavy (non-hydrogen) atoms. The van der Waals surface area contributed by atoms with Crippen LogP contribution in [-0.2, 0) is 10.2 Å². The van der Waals surface area contributed by atoms with E-state index in [0.29, 0.717) is 40.0 Å². The predicted octanol–water partition coefficient (Wildman–Crippen LogP) is 12.7. The lowest BCUT2D eigenvalue weighted by Gasteiger charge is -2.20. The number of pyridine rings is 1. The van der Waals surface area contributed by atoms with Gasteiger partial charge in [0.1, 0.15) is 17.6 Å². The standard InChI is InChI=1S/C21H21ClFNO2.C7H16.C4H10.C3H6O.C2H6/c1-11(2)19(25)18-10-17-20(26-18)13(21(3,4)5)9-16(24-17)12-6-7-14(22)15(23)8-12;1-5-6-7(2,3)4;1-3-4-2;1-2-3-4;1-2/h6-11H,1-5H3;5-6H2,1-4H3;3-4H2,1-2H3;3H,2H2,1H3;1-2H3. The van der Waals surface area contributed by atoms with Crippen molar-refractivity contribution in [2.24, 2.45) is 11.3 Å². The molecule has 0 N–H and O–H groups in total. The Morgan fingerprint density at radius 3 is 1.84 bits per heavy atom. The van der Waals surface area contributed by atoms with Gasteiger partial charge in [0.2, 0.25) is 5.78 Å². The molecule has 0 aliphatic carbocycles. The van der Waals surface area contributed by atoms with Gasteiger partial charge in [-0.25, -0.2) is 9.37 Å². The fourth-order valence-corrected chi connectivity index (χ4v) is 3.66. The third kappa shape index (κ3) is 16.2. The SMILES string of the molecule is CC.CC(C)C(=O)c1cc2nc(-c3ccc(Cl)c(F)c3)cc(C(C)(C)C)c2o1.CCC=O.CCCC.CCCC(C)(C)C. The van der Waals surface area contributed by atoms with Crippen molar-refractivity contribution in [2.75, 3.05) is 0 Å². The Bertz CT molecular complexity index is 1220. The topological polar surface area (TPSA) is 60.2 Å². The van der Waals surface area contributed by atoms with Crippen molar-refractivity contribution >= 4 is 34.8 Å². The molecule has 0 aliphatic rings. The normalized spacial score (nSPS) is 10.7. The Hall–Kier alpha value is -2.53. The maximum absolute atomic E-state index is 13.9. The van der Waals surface area contributed by atoms with Crippen LogP contribution in [0.4, 0.5) is 4.39 Å². The third-order valence-corrected chi connectivity index (χ3v) is 6.24. The molecule has 3 rings (SSSR count). The van der Waals surface area contributed by atoms with Crippen molar-refractivity contribution in [1.29, 1.82) is 0 Å². The van der Waals surface area contributed by atoms with Crippen molar-refractivity contribution in [3.05, 3.63) is 52.5 Å². The number of halogens is 2. The molecular formula is C37H59ClFNO3. The van der Waals surface area contributed by atoms with Gasteiger partial charge < -0.3 is 9.21 Å². The average Bonchev–Trinajstić information content (AvgIpc) is 3.38. The molecule has 0 atom stereocenters. The van der Waals surface area contributed by atoms with Crippen LogP contribution in [0.25, 0.3) is 22.4 Å². The quantitative estimate of drug-likeness (QED) is 0.203. The van der Waals surface area contributed by atoms with Crippen molar-refractivity contribution in [1.82, 2.24) is 4.98 Å². The summed E-state index contributed by atoms with van der Waals surface area (Å²) in [6, 6.07) is 8.16. The summed E-state index contributed by atoms with van der Waals surface area (Å²) in [7, 11) is 0. The molecular weight excluding hydrogens is 561 g/mol. The number of ketones is 1. The lowest BCUT2D eigenvalue weighted by molar-refractivity contribution is -0.107. The zero-order chi connectivity index (χ0) is 34.0. The van der Waals surface area contributed by atoms with E-state index in [1.807, 2.05) is 40.7 Å². The van der Waals surface area contributed by atoms with Gasteiger partial charge in [0.15, 0.2) is 11.3 Å². The first kappa shape index (κ1) is 42.6. The van der Waals surface area contributed by atoms with E-state index in [2.05, 4.69) is 67.3 Å². The Kier molecular flexibility index (Phi) is 21.0. The summed E-state index contributed by atoms with van der Waals surface area (Å²) < 4.78 is 19.8. The number of carbonyl (C=O) groups excluding carboxylic acids is 2. The second-order valence-corrected chi connectivity index (χ2v) is 13.1. The van der Waals surface area contributed by atoms with Crippen LogP contribution in [0.15, 0.2) is 34.7 Å². The van der Waals surface area contributed by atoms with Gasteiger partial charge in [-0.3, -0.25) is 4.79 Å². The molecule has 1 aromatic carbocycles. The lowest BCUT2D eigenvalue weighted by Crippen LogP contribution is -2.12. The van der Waals surface area contributed by atoms with Crippen molar-refractivity contribution in [2.45, 2.75) is 134 Å². The van der Waals surface area contributed by atoms with Crippen LogP contribution < -0.4 is 0 Å². The molecule has 0 aliphatic heterocycles. The molecule has 0 bridgehead atoms. The first-order valence-electron chi connectivity index (χ1n) is 15.8. The number of carbonyl (C=O) groups is 2. The fourth-order valence-electron chi connectivity index (χ4n) is 3.54. The fraction of sp³-hybridized carbons (Fsp3) is 0.595. The van der Waals surface area contributed by atoms with E-state index in [4.69, 9.17) is 16.0 Å². The van der Waals surface area contributed by atoms with Crippen LogP contribution >= 0.6 is 11.6 Å². The minimum Gasteiger partial charge on any atom is -0.451 e. The van der Waals surface area contributed by atoms with Crippen LogP contribution in [0.2, 0.25) is 5.02 Å². The number of Topliss-reactive ketones (excluding diaryl/α,β-unsaturated/α-hetero) is 1. The monoisotopic (exact) mass is 619 g/mol. The van der Waals surface area contributed by atoms with Crippen molar-refractivity contribution in [3.8, 4) is 11.3 Å². The van der Waals surface area contributed by atoms with Gasteiger partial charge in [0.25, 0.3) is 0 Å². The molecule has 0 fully saturated rings. The summed E-state index contributed by atoms with van der Waals surface area (Å²) in [5.41, 5.74) is 3.65. The largest absolute Gasteiger partial charge is 0.451 e. The highest BCUT2D eigenvalue weighted by atomic mass is 35.5. The minimum absolute atomic E-state index is 0.0676. The number of nitrogens with zero attached hydrogens (tertiary/aromatic N) is 1. The van der Waals surface area contributed by atoms with Crippen molar-refractivity contribution in [3.63, 3.8) is 0 Å². The van der Waals surface area contributed by atoms with E-state index < -0.39 is 5.82 Å². The number of fused-ring (bicyclic) bond motifs is 1. The summed E-state index contributed by atoms with van der Waals surface area (Å²) in [5, 5.41) is 0.0685. The molecule has 4 nitrogen and oxygen atoms in total. The zero-order valence-corrected chi connectivity index (χ0v) is 30.3.